The summed E-state index contributed by atoms with van der Waals surface area (Å²) in [6.07, 6.45) is 5.26. The summed E-state index contributed by atoms with van der Waals surface area (Å²) >= 11 is 0. The molecule has 20 heavy (non-hydrogen) atoms. The van der Waals surface area contributed by atoms with E-state index in [1.165, 1.54) is 5.56 Å². The third kappa shape index (κ3) is 1.47. The van der Waals surface area contributed by atoms with Crippen LogP contribution in [-0.2, 0) is 5.41 Å². The minimum Gasteiger partial charge on any atom is -0.390 e. The van der Waals surface area contributed by atoms with Crippen LogP contribution in [0.1, 0.15) is 32.8 Å². The van der Waals surface area contributed by atoms with Gasteiger partial charge in [-0.25, -0.2) is 0 Å². The van der Waals surface area contributed by atoms with Crippen LogP contribution in [0.3, 0.4) is 0 Å². The molecule has 2 aliphatic carbocycles. The van der Waals surface area contributed by atoms with Crippen LogP contribution < -0.4 is 0 Å². The molecule has 4 atom stereocenters. The van der Waals surface area contributed by atoms with E-state index >= 15 is 0 Å². The molecule has 0 radical (unpaired) electrons. The van der Waals surface area contributed by atoms with Gasteiger partial charge in [-0.2, -0.15) is 0 Å². The molecule has 1 saturated carbocycles. The van der Waals surface area contributed by atoms with Crippen molar-refractivity contribution in [2.45, 2.75) is 44.2 Å². The molecule has 2 aliphatic rings. The second-order valence-electron chi connectivity index (χ2n) is 6.32. The highest BCUT2D eigenvalue weighted by molar-refractivity contribution is 5.44. The molecule has 1 aromatic carbocycles. The minimum atomic E-state index is -0.308. The minimum absolute atomic E-state index is 0.0753. The third-order valence-corrected chi connectivity index (χ3v) is 5.75. The second kappa shape index (κ2) is 4.71. The Kier molecular flexibility index (Phi) is 3.26. The molecule has 0 heterocycles. The first-order valence-corrected chi connectivity index (χ1v) is 7.77. The molecule has 2 nitrogen and oxygen atoms in total. The van der Waals surface area contributed by atoms with Crippen LogP contribution in [0.4, 0.5) is 0 Å². The van der Waals surface area contributed by atoms with Gasteiger partial charge in [-0.3, -0.25) is 4.90 Å². The predicted molar refractivity (Wildman–Crippen MR) is 82.7 cm³/mol. The van der Waals surface area contributed by atoms with Crippen LogP contribution in [0.25, 0.3) is 0 Å². The Bertz CT molecular complexity index is 507. The maximum atomic E-state index is 11.1. The molecule has 0 aromatic heterocycles. The maximum Gasteiger partial charge on any atom is 0.0833 e. The lowest BCUT2D eigenvalue weighted by Crippen LogP contribution is -2.78. The largest absolute Gasteiger partial charge is 0.390 e. The summed E-state index contributed by atoms with van der Waals surface area (Å²) in [5, 5.41) is 11.1. The van der Waals surface area contributed by atoms with Crippen molar-refractivity contribution in [3.05, 3.63) is 48.0 Å². The van der Waals surface area contributed by atoms with Crippen LogP contribution in [0, 0.1) is 5.92 Å². The van der Waals surface area contributed by atoms with Gasteiger partial charge in [-0.15, -0.1) is 0 Å². The number of likely N-dealkylation sites (N-methyl/N-ethyl adjacent to an activating group) is 1. The highest BCUT2D eigenvalue weighted by Crippen LogP contribution is 2.62. The standard InChI is InChI=1S/C18H25NO/c1-4-19(5-2)18-13-9-12-15(18)17(3,16(18)20)14-10-7-6-8-11-14/h6-12,15-16,20H,4-5,13H2,1-3H3/t15-,16+,17+,18+/m0/s1. The quantitative estimate of drug-likeness (QED) is 0.851. The fraction of sp³-hybridized carbons (Fsp3) is 0.556. The predicted octanol–water partition coefficient (Wildman–Crippen LogP) is 2.98. The first-order chi connectivity index (χ1) is 9.62. The Morgan fingerprint density at radius 3 is 2.45 bits per heavy atom. The zero-order valence-electron chi connectivity index (χ0n) is 12.7. The summed E-state index contributed by atoms with van der Waals surface area (Å²) in [5.41, 5.74) is 1.03. The van der Waals surface area contributed by atoms with E-state index in [0.717, 1.165) is 19.5 Å². The average Bonchev–Trinajstić information content (AvgIpc) is 2.91. The van der Waals surface area contributed by atoms with Gasteiger partial charge in [0.15, 0.2) is 0 Å². The van der Waals surface area contributed by atoms with Crippen LogP contribution in [0.2, 0.25) is 0 Å². The van der Waals surface area contributed by atoms with Crippen LogP contribution in [0.15, 0.2) is 42.5 Å². The van der Waals surface area contributed by atoms with E-state index in [1.807, 2.05) is 6.07 Å². The average molecular weight is 271 g/mol. The molecule has 0 spiro atoms. The third-order valence-electron chi connectivity index (χ3n) is 5.75. The summed E-state index contributed by atoms with van der Waals surface area (Å²) in [5.74, 6) is 0.410. The van der Waals surface area contributed by atoms with Crippen molar-refractivity contribution < 1.29 is 5.11 Å². The summed E-state index contributed by atoms with van der Waals surface area (Å²) in [4.78, 5) is 2.45. The Hall–Kier alpha value is -1.12. The van der Waals surface area contributed by atoms with Gasteiger partial charge in [0.05, 0.1) is 11.6 Å². The lowest BCUT2D eigenvalue weighted by Gasteiger charge is -2.66. The number of hydrogen-bond acceptors (Lipinski definition) is 2. The summed E-state index contributed by atoms with van der Waals surface area (Å²) in [7, 11) is 0. The van der Waals surface area contributed by atoms with E-state index in [0.29, 0.717) is 5.92 Å². The zero-order valence-corrected chi connectivity index (χ0v) is 12.7. The highest BCUT2D eigenvalue weighted by Gasteiger charge is 2.70. The van der Waals surface area contributed by atoms with Crippen molar-refractivity contribution in [1.29, 1.82) is 0 Å². The molecule has 0 amide bonds. The SMILES string of the molecule is CCN(CC)[C@]12CC=C[C@H]1[C@@](C)(c1ccccc1)[C@H]2O. The van der Waals surface area contributed by atoms with Gasteiger partial charge < -0.3 is 5.11 Å². The topological polar surface area (TPSA) is 23.5 Å². The number of aliphatic hydroxyl groups is 1. The lowest BCUT2D eigenvalue weighted by molar-refractivity contribution is -0.185. The molecule has 0 saturated heterocycles. The molecule has 1 fully saturated rings. The van der Waals surface area contributed by atoms with Crippen molar-refractivity contribution in [2.75, 3.05) is 13.1 Å². The van der Waals surface area contributed by atoms with Gasteiger partial charge in [0.25, 0.3) is 0 Å². The van der Waals surface area contributed by atoms with Crippen molar-refractivity contribution in [2.24, 2.45) is 5.92 Å². The Balaban J connectivity index is 2.01. The van der Waals surface area contributed by atoms with Crippen LogP contribution in [-0.4, -0.2) is 34.7 Å². The number of benzene rings is 1. The number of hydrogen-bond donors (Lipinski definition) is 1. The Labute approximate surface area is 122 Å². The van der Waals surface area contributed by atoms with Crippen LogP contribution in [0.5, 0.6) is 0 Å². The molecule has 1 N–H and O–H groups in total. The molecular weight excluding hydrogens is 246 g/mol. The smallest absolute Gasteiger partial charge is 0.0833 e. The first kappa shape index (κ1) is 13.8. The summed E-state index contributed by atoms with van der Waals surface area (Å²) < 4.78 is 0. The fourth-order valence-electron chi connectivity index (χ4n) is 4.73. The molecule has 0 unspecified atom stereocenters. The van der Waals surface area contributed by atoms with Gasteiger partial charge in [-0.05, 0) is 25.1 Å². The van der Waals surface area contributed by atoms with Crippen molar-refractivity contribution in [1.82, 2.24) is 4.90 Å². The molecule has 108 valence electrons. The van der Waals surface area contributed by atoms with Gasteiger partial charge in [-0.1, -0.05) is 63.3 Å². The number of fused-ring (bicyclic) bond motifs is 1. The van der Waals surface area contributed by atoms with Crippen LogP contribution >= 0.6 is 0 Å². The zero-order chi connectivity index (χ0) is 14.4. The number of nitrogens with zero attached hydrogens (tertiary/aromatic N) is 1. The van der Waals surface area contributed by atoms with Crippen molar-refractivity contribution in [3.8, 4) is 0 Å². The Morgan fingerprint density at radius 2 is 1.85 bits per heavy atom. The highest BCUT2D eigenvalue weighted by atomic mass is 16.3. The van der Waals surface area contributed by atoms with E-state index in [1.54, 1.807) is 0 Å². The van der Waals surface area contributed by atoms with Gasteiger partial charge in [0, 0.05) is 11.3 Å². The summed E-state index contributed by atoms with van der Waals surface area (Å²) in [6, 6.07) is 10.5. The van der Waals surface area contributed by atoms with Gasteiger partial charge in [0.2, 0.25) is 0 Å². The van der Waals surface area contributed by atoms with E-state index < -0.39 is 0 Å². The van der Waals surface area contributed by atoms with Gasteiger partial charge >= 0.3 is 0 Å². The maximum absolute atomic E-state index is 11.1. The molecule has 0 bridgehead atoms. The molecule has 3 rings (SSSR count). The van der Waals surface area contributed by atoms with E-state index in [9.17, 15) is 5.11 Å². The number of aliphatic hydroxyl groups excluding tert-OH is 1. The first-order valence-electron chi connectivity index (χ1n) is 7.77. The summed E-state index contributed by atoms with van der Waals surface area (Å²) in [6.45, 7) is 8.60. The van der Waals surface area contributed by atoms with Gasteiger partial charge in [0.1, 0.15) is 0 Å². The molecular formula is C18H25NO. The van der Waals surface area contributed by atoms with Crippen molar-refractivity contribution >= 4 is 0 Å². The van der Waals surface area contributed by atoms with Crippen molar-refractivity contribution in [3.63, 3.8) is 0 Å². The lowest BCUT2D eigenvalue weighted by atomic mass is 9.46. The normalized spacial score (nSPS) is 38.9. The van der Waals surface area contributed by atoms with E-state index in [2.05, 4.69) is 62.1 Å². The van der Waals surface area contributed by atoms with E-state index in [-0.39, 0.29) is 17.1 Å². The Morgan fingerprint density at radius 1 is 1.20 bits per heavy atom. The number of rotatable bonds is 4. The molecule has 2 heteroatoms. The fourth-order valence-corrected chi connectivity index (χ4v) is 4.73. The molecule has 0 aliphatic heterocycles. The second-order valence-corrected chi connectivity index (χ2v) is 6.32. The molecule has 1 aromatic rings. The monoisotopic (exact) mass is 271 g/mol. The van der Waals surface area contributed by atoms with E-state index in [4.69, 9.17) is 0 Å².